The van der Waals surface area contributed by atoms with Gasteiger partial charge >= 0.3 is 0 Å². The molecule has 0 aliphatic carbocycles. The molecular weight excluding hydrogens is 450 g/mol. The van der Waals surface area contributed by atoms with Crippen LogP contribution < -0.4 is 9.80 Å². The van der Waals surface area contributed by atoms with Crippen molar-refractivity contribution in [3.8, 4) is 0 Å². The maximum Gasteiger partial charge on any atom is 0.222 e. The predicted octanol–water partition coefficient (Wildman–Crippen LogP) is 2.80. The van der Waals surface area contributed by atoms with Crippen molar-refractivity contribution in [1.82, 2.24) is 4.90 Å². The fourth-order valence-corrected chi connectivity index (χ4v) is 7.68. The van der Waals surface area contributed by atoms with Crippen molar-refractivity contribution >= 4 is 27.1 Å². The summed E-state index contributed by atoms with van der Waals surface area (Å²) in [6.45, 7) is 10.0. The van der Waals surface area contributed by atoms with Gasteiger partial charge in [0.15, 0.2) is 9.84 Å². The Morgan fingerprint density at radius 1 is 1.00 bits per heavy atom. The summed E-state index contributed by atoms with van der Waals surface area (Å²) in [6, 6.07) is 8.92. The van der Waals surface area contributed by atoms with Gasteiger partial charge in [0.2, 0.25) is 5.91 Å². The van der Waals surface area contributed by atoms with Gasteiger partial charge in [-0.2, -0.15) is 0 Å². The zero-order valence-electron chi connectivity index (χ0n) is 20.6. The number of sulfone groups is 1. The first-order valence-electron chi connectivity index (χ1n) is 12.9. The molecule has 5 aliphatic rings. The number of anilines is 2. The van der Waals surface area contributed by atoms with Crippen molar-refractivity contribution in [2.45, 2.75) is 45.6 Å². The molecule has 5 heterocycles. The van der Waals surface area contributed by atoms with E-state index in [4.69, 9.17) is 4.74 Å². The second kappa shape index (κ2) is 9.34. The van der Waals surface area contributed by atoms with Gasteiger partial charge in [-0.25, -0.2) is 8.42 Å². The third-order valence-electron chi connectivity index (χ3n) is 8.47. The third-order valence-corrected chi connectivity index (χ3v) is 10.1. The Morgan fingerprint density at radius 2 is 1.65 bits per heavy atom. The Hall–Kier alpha value is -1.80. The van der Waals surface area contributed by atoms with Gasteiger partial charge < -0.3 is 19.4 Å². The maximum atomic E-state index is 13.3. The second-order valence-corrected chi connectivity index (χ2v) is 13.7. The summed E-state index contributed by atoms with van der Waals surface area (Å²) < 4.78 is 29.0. The lowest BCUT2D eigenvalue weighted by atomic mass is 9.73. The van der Waals surface area contributed by atoms with Gasteiger partial charge in [-0.05, 0) is 60.8 Å². The molecule has 2 bridgehead atoms. The quantitative estimate of drug-likeness (QED) is 0.648. The number of ether oxygens (including phenoxy) is 1. The zero-order chi connectivity index (χ0) is 23.9. The van der Waals surface area contributed by atoms with E-state index in [1.54, 1.807) is 0 Å². The number of rotatable bonds is 4. The first-order valence-corrected chi connectivity index (χ1v) is 14.7. The lowest BCUT2D eigenvalue weighted by Gasteiger charge is -2.48. The van der Waals surface area contributed by atoms with Crippen LogP contribution >= 0.6 is 0 Å². The van der Waals surface area contributed by atoms with Crippen LogP contribution in [0.5, 0.6) is 0 Å². The molecule has 34 heavy (non-hydrogen) atoms. The Morgan fingerprint density at radius 3 is 2.32 bits per heavy atom. The fourth-order valence-electron chi connectivity index (χ4n) is 6.48. The number of hydrogen-bond donors (Lipinski definition) is 0. The summed E-state index contributed by atoms with van der Waals surface area (Å²) in [5.74, 6) is 1.72. The highest BCUT2D eigenvalue weighted by Gasteiger charge is 2.46. The van der Waals surface area contributed by atoms with Crippen LogP contribution in [0.4, 0.5) is 11.4 Å². The monoisotopic (exact) mass is 489 g/mol. The molecule has 188 valence electrons. The summed E-state index contributed by atoms with van der Waals surface area (Å²) in [5.41, 5.74) is 2.43. The third kappa shape index (κ3) is 5.08. The second-order valence-electron chi connectivity index (χ2n) is 11.4. The Bertz CT molecular complexity index is 974. The van der Waals surface area contributed by atoms with Gasteiger partial charge in [0.25, 0.3) is 0 Å². The topological polar surface area (TPSA) is 70.2 Å². The van der Waals surface area contributed by atoms with Gasteiger partial charge in [-0.15, -0.1) is 0 Å². The number of amides is 1. The molecule has 6 rings (SSSR count). The van der Waals surface area contributed by atoms with Crippen molar-refractivity contribution < 1.29 is 17.9 Å². The molecule has 0 N–H and O–H groups in total. The standard InChI is InChI=1S/C26H39N3O4S/c1-26(2)16-21-17-28(25(30)15-20-7-11-33-12-8-20)19-24(26)29(18-21)23-5-3-22(4-6-23)27-9-13-34(31,32)14-10-27/h3-6,20-21,24H,7-19H2,1-2H3/t21?,24-/m1/s1. The molecule has 7 nitrogen and oxygen atoms in total. The summed E-state index contributed by atoms with van der Waals surface area (Å²) >= 11 is 0. The maximum absolute atomic E-state index is 13.3. The Labute approximate surface area is 204 Å². The van der Waals surface area contributed by atoms with Crippen LogP contribution in [-0.2, 0) is 19.4 Å². The molecule has 1 aromatic rings. The van der Waals surface area contributed by atoms with Crippen molar-refractivity contribution in [2.75, 3.05) is 67.2 Å². The van der Waals surface area contributed by atoms with Crippen molar-refractivity contribution in [3.05, 3.63) is 24.3 Å². The normalized spacial score (nSPS) is 29.2. The summed E-state index contributed by atoms with van der Waals surface area (Å²) in [5, 5.41) is 0. The van der Waals surface area contributed by atoms with E-state index in [9.17, 15) is 13.2 Å². The van der Waals surface area contributed by atoms with Gasteiger partial charge in [0.05, 0.1) is 17.5 Å². The van der Waals surface area contributed by atoms with Crippen LogP contribution in [0.3, 0.4) is 0 Å². The van der Waals surface area contributed by atoms with Crippen LogP contribution in [0.15, 0.2) is 24.3 Å². The molecule has 1 unspecified atom stereocenters. The lowest BCUT2D eigenvalue weighted by Crippen LogP contribution is -2.54. The molecule has 5 aliphatic heterocycles. The summed E-state index contributed by atoms with van der Waals surface area (Å²) in [4.78, 5) is 20.1. The first-order chi connectivity index (χ1) is 16.2. The van der Waals surface area contributed by atoms with Crippen molar-refractivity contribution in [2.24, 2.45) is 17.3 Å². The molecule has 0 spiro atoms. The van der Waals surface area contributed by atoms with E-state index in [0.717, 1.165) is 57.8 Å². The van der Waals surface area contributed by atoms with Crippen LogP contribution in [-0.4, -0.2) is 82.7 Å². The highest BCUT2D eigenvalue weighted by atomic mass is 32.2. The molecule has 0 saturated carbocycles. The molecule has 1 aromatic carbocycles. The van der Waals surface area contributed by atoms with Crippen LogP contribution in [0, 0.1) is 17.3 Å². The Kier molecular flexibility index (Phi) is 6.57. The fraction of sp³-hybridized carbons (Fsp3) is 0.731. The molecule has 1 amide bonds. The summed E-state index contributed by atoms with van der Waals surface area (Å²) in [6.07, 6.45) is 3.80. The van der Waals surface area contributed by atoms with E-state index in [1.807, 2.05) is 0 Å². The average molecular weight is 490 g/mol. The van der Waals surface area contributed by atoms with Gasteiger partial charge in [-0.1, -0.05) is 13.8 Å². The minimum absolute atomic E-state index is 0.135. The van der Waals surface area contributed by atoms with E-state index < -0.39 is 9.84 Å². The number of piperidine rings is 1. The average Bonchev–Trinajstić information content (AvgIpc) is 3.07. The van der Waals surface area contributed by atoms with E-state index in [-0.39, 0.29) is 23.0 Å². The Balaban J connectivity index is 1.29. The highest BCUT2D eigenvalue weighted by molar-refractivity contribution is 7.91. The highest BCUT2D eigenvalue weighted by Crippen LogP contribution is 2.43. The molecule has 0 radical (unpaired) electrons. The van der Waals surface area contributed by atoms with Gasteiger partial charge in [-0.3, -0.25) is 4.79 Å². The minimum Gasteiger partial charge on any atom is -0.381 e. The van der Waals surface area contributed by atoms with Crippen molar-refractivity contribution in [1.29, 1.82) is 0 Å². The molecule has 0 aromatic heterocycles. The number of nitrogens with zero attached hydrogens (tertiary/aromatic N) is 3. The minimum atomic E-state index is -2.88. The van der Waals surface area contributed by atoms with Crippen molar-refractivity contribution in [3.63, 3.8) is 0 Å². The van der Waals surface area contributed by atoms with Crippen LogP contribution in [0.2, 0.25) is 0 Å². The van der Waals surface area contributed by atoms with Gasteiger partial charge in [0, 0.05) is 63.7 Å². The lowest BCUT2D eigenvalue weighted by molar-refractivity contribution is -0.133. The number of hydrogen-bond acceptors (Lipinski definition) is 6. The van der Waals surface area contributed by atoms with Crippen LogP contribution in [0.25, 0.3) is 0 Å². The van der Waals surface area contributed by atoms with Crippen LogP contribution in [0.1, 0.15) is 39.5 Å². The van der Waals surface area contributed by atoms with E-state index in [2.05, 4.69) is 52.8 Å². The number of carbonyl (C=O) groups excluding carboxylic acids is 1. The zero-order valence-corrected chi connectivity index (χ0v) is 21.4. The number of benzene rings is 1. The largest absolute Gasteiger partial charge is 0.381 e. The smallest absolute Gasteiger partial charge is 0.222 e. The molecule has 5 fully saturated rings. The molecular formula is C26H39N3O4S. The number of carbonyl (C=O) groups is 1. The first kappa shape index (κ1) is 23.9. The number of fused-ring (bicyclic) bond motifs is 4. The molecule has 2 atom stereocenters. The predicted molar refractivity (Wildman–Crippen MR) is 135 cm³/mol. The van der Waals surface area contributed by atoms with E-state index >= 15 is 0 Å². The SMILES string of the molecule is CC1(C)CC2CN(C(=O)CC3CCOCC3)C[C@H]1N(c1ccc(N3CCS(=O)(=O)CC3)cc1)C2. The summed E-state index contributed by atoms with van der Waals surface area (Å²) in [7, 11) is -2.88. The molecule has 5 saturated heterocycles. The van der Waals surface area contributed by atoms with E-state index in [0.29, 0.717) is 37.3 Å². The molecule has 8 heteroatoms. The van der Waals surface area contributed by atoms with E-state index in [1.165, 1.54) is 5.69 Å². The van der Waals surface area contributed by atoms with Gasteiger partial charge in [0.1, 0.15) is 0 Å².